The molecule has 8 heteroatoms. The third kappa shape index (κ3) is 4.40. The number of methoxy groups -OCH3 is 1. The van der Waals surface area contributed by atoms with E-state index in [0.717, 1.165) is 0 Å². The van der Waals surface area contributed by atoms with E-state index < -0.39 is 24.1 Å². The first-order valence-corrected chi connectivity index (χ1v) is 6.26. The molecule has 21 heavy (non-hydrogen) atoms. The fourth-order valence-electron chi connectivity index (χ4n) is 1.65. The Kier molecular flexibility index (Phi) is 6.07. The fourth-order valence-corrected chi connectivity index (χ4v) is 1.65. The number of aliphatic hydroxyl groups is 2. The second kappa shape index (κ2) is 7.55. The Balaban J connectivity index is 2.89. The highest BCUT2D eigenvalue weighted by Gasteiger charge is 2.24. The Labute approximate surface area is 121 Å². The minimum absolute atomic E-state index is 0.0302. The highest BCUT2D eigenvalue weighted by molar-refractivity contribution is 5.94. The SMILES string of the molecule is CCOC(=O)CC(O)C(O)c1cnc(N)c(C(=O)OC)c1. The van der Waals surface area contributed by atoms with E-state index >= 15 is 0 Å². The summed E-state index contributed by atoms with van der Waals surface area (Å²) in [5.41, 5.74) is 5.64. The molecule has 0 spiro atoms. The number of hydrogen-bond acceptors (Lipinski definition) is 8. The number of pyridine rings is 1. The molecule has 2 atom stereocenters. The van der Waals surface area contributed by atoms with Gasteiger partial charge in [-0.25, -0.2) is 9.78 Å². The number of carbonyl (C=O) groups excluding carboxylic acids is 2. The van der Waals surface area contributed by atoms with Crippen LogP contribution < -0.4 is 5.73 Å². The first kappa shape index (κ1) is 16.9. The molecule has 1 rings (SSSR count). The van der Waals surface area contributed by atoms with E-state index in [-0.39, 0.29) is 30.0 Å². The van der Waals surface area contributed by atoms with E-state index in [4.69, 9.17) is 5.73 Å². The number of anilines is 1. The zero-order chi connectivity index (χ0) is 16.0. The monoisotopic (exact) mass is 298 g/mol. The summed E-state index contributed by atoms with van der Waals surface area (Å²) in [6.07, 6.45) is -1.97. The zero-order valence-electron chi connectivity index (χ0n) is 11.8. The lowest BCUT2D eigenvalue weighted by atomic mass is 10.0. The molecule has 1 heterocycles. The third-order valence-corrected chi connectivity index (χ3v) is 2.73. The first-order chi connectivity index (χ1) is 9.90. The van der Waals surface area contributed by atoms with Crippen molar-refractivity contribution in [2.24, 2.45) is 0 Å². The number of rotatable bonds is 6. The highest BCUT2D eigenvalue weighted by atomic mass is 16.5. The third-order valence-electron chi connectivity index (χ3n) is 2.73. The van der Waals surface area contributed by atoms with Crippen molar-refractivity contribution in [3.8, 4) is 0 Å². The number of carbonyl (C=O) groups is 2. The van der Waals surface area contributed by atoms with Gasteiger partial charge >= 0.3 is 11.9 Å². The summed E-state index contributed by atoms with van der Waals surface area (Å²) in [4.78, 5) is 26.5. The Morgan fingerprint density at radius 1 is 1.43 bits per heavy atom. The molecule has 4 N–H and O–H groups in total. The second-order valence-electron chi connectivity index (χ2n) is 4.21. The zero-order valence-corrected chi connectivity index (χ0v) is 11.8. The lowest BCUT2D eigenvalue weighted by molar-refractivity contribution is -0.147. The molecule has 116 valence electrons. The fraction of sp³-hybridized carbons (Fsp3) is 0.462. The molecule has 0 saturated heterocycles. The van der Waals surface area contributed by atoms with Crippen molar-refractivity contribution in [3.05, 3.63) is 23.4 Å². The summed E-state index contributed by atoms with van der Waals surface area (Å²) < 4.78 is 9.21. The van der Waals surface area contributed by atoms with Crippen LogP contribution in [-0.4, -0.2) is 47.0 Å². The van der Waals surface area contributed by atoms with Gasteiger partial charge in [0.1, 0.15) is 17.5 Å². The van der Waals surface area contributed by atoms with Gasteiger partial charge in [-0.2, -0.15) is 0 Å². The molecule has 1 aromatic heterocycles. The van der Waals surface area contributed by atoms with Crippen LogP contribution >= 0.6 is 0 Å². The minimum Gasteiger partial charge on any atom is -0.466 e. The van der Waals surface area contributed by atoms with Crippen LogP contribution in [0.4, 0.5) is 5.82 Å². The van der Waals surface area contributed by atoms with E-state index in [2.05, 4.69) is 14.5 Å². The quantitative estimate of drug-likeness (QED) is 0.615. The molecule has 0 radical (unpaired) electrons. The molecule has 2 unspecified atom stereocenters. The standard InChI is InChI=1S/C13H18N2O6/c1-3-21-10(17)5-9(16)11(18)7-4-8(13(19)20-2)12(14)15-6-7/h4,6,9,11,16,18H,3,5H2,1-2H3,(H2,14,15). The second-order valence-corrected chi connectivity index (χ2v) is 4.21. The number of nitrogens with two attached hydrogens (primary N) is 1. The number of nitrogen functional groups attached to an aromatic ring is 1. The molecule has 0 aromatic carbocycles. The summed E-state index contributed by atoms with van der Waals surface area (Å²) in [5, 5.41) is 19.8. The van der Waals surface area contributed by atoms with Crippen molar-refractivity contribution in [1.82, 2.24) is 4.98 Å². The number of ether oxygens (including phenoxy) is 2. The molecular weight excluding hydrogens is 280 g/mol. The van der Waals surface area contributed by atoms with Crippen molar-refractivity contribution in [2.75, 3.05) is 19.5 Å². The van der Waals surface area contributed by atoms with Crippen molar-refractivity contribution in [3.63, 3.8) is 0 Å². The van der Waals surface area contributed by atoms with Crippen LogP contribution in [0.25, 0.3) is 0 Å². The first-order valence-electron chi connectivity index (χ1n) is 6.26. The van der Waals surface area contributed by atoms with E-state index in [1.54, 1.807) is 6.92 Å². The van der Waals surface area contributed by atoms with Gasteiger partial charge in [0, 0.05) is 11.8 Å². The summed E-state index contributed by atoms with van der Waals surface area (Å²) in [5.74, 6) is -1.41. The molecule has 0 saturated carbocycles. The maximum absolute atomic E-state index is 11.5. The number of esters is 2. The van der Waals surface area contributed by atoms with Gasteiger partial charge in [-0.15, -0.1) is 0 Å². The summed E-state index contributed by atoms with van der Waals surface area (Å²) in [6, 6.07) is 1.26. The van der Waals surface area contributed by atoms with Gasteiger partial charge in [-0.3, -0.25) is 4.79 Å². The lowest BCUT2D eigenvalue weighted by Crippen LogP contribution is -2.23. The van der Waals surface area contributed by atoms with Crippen LogP contribution in [0, 0.1) is 0 Å². The van der Waals surface area contributed by atoms with E-state index in [0.29, 0.717) is 0 Å². The number of aromatic nitrogens is 1. The summed E-state index contributed by atoms with van der Waals surface area (Å²) >= 11 is 0. The van der Waals surface area contributed by atoms with Gasteiger partial charge in [0.15, 0.2) is 0 Å². The van der Waals surface area contributed by atoms with E-state index in [1.165, 1.54) is 19.4 Å². The Hall–Kier alpha value is -2.19. The lowest BCUT2D eigenvalue weighted by Gasteiger charge is -2.18. The average molecular weight is 298 g/mol. The predicted molar refractivity (Wildman–Crippen MR) is 72.2 cm³/mol. The van der Waals surface area contributed by atoms with Crippen molar-refractivity contribution in [1.29, 1.82) is 0 Å². The average Bonchev–Trinajstić information content (AvgIpc) is 2.46. The molecular formula is C13H18N2O6. The van der Waals surface area contributed by atoms with Crippen LogP contribution in [-0.2, 0) is 14.3 Å². The molecule has 8 nitrogen and oxygen atoms in total. The predicted octanol–water partition coefficient (Wildman–Crippen LogP) is -0.202. The van der Waals surface area contributed by atoms with Gasteiger partial charge in [-0.1, -0.05) is 0 Å². The molecule has 0 fully saturated rings. The van der Waals surface area contributed by atoms with Crippen molar-refractivity contribution < 1.29 is 29.3 Å². The maximum atomic E-state index is 11.5. The van der Waals surface area contributed by atoms with Crippen LogP contribution in [0.15, 0.2) is 12.3 Å². The largest absolute Gasteiger partial charge is 0.466 e. The van der Waals surface area contributed by atoms with E-state index in [9.17, 15) is 19.8 Å². The molecule has 0 aliphatic rings. The molecule has 0 aliphatic carbocycles. The smallest absolute Gasteiger partial charge is 0.341 e. The maximum Gasteiger partial charge on any atom is 0.341 e. The Morgan fingerprint density at radius 2 is 2.10 bits per heavy atom. The van der Waals surface area contributed by atoms with Crippen LogP contribution in [0.3, 0.4) is 0 Å². The highest BCUT2D eigenvalue weighted by Crippen LogP contribution is 2.22. The van der Waals surface area contributed by atoms with E-state index in [1.807, 2.05) is 0 Å². The Morgan fingerprint density at radius 3 is 2.67 bits per heavy atom. The number of nitrogens with zero attached hydrogens (tertiary/aromatic N) is 1. The van der Waals surface area contributed by atoms with Gasteiger partial charge in [0.25, 0.3) is 0 Å². The van der Waals surface area contributed by atoms with Crippen LogP contribution in [0.2, 0.25) is 0 Å². The van der Waals surface area contributed by atoms with Gasteiger partial charge in [0.05, 0.1) is 26.2 Å². The minimum atomic E-state index is -1.41. The van der Waals surface area contributed by atoms with Gasteiger partial charge in [0.2, 0.25) is 0 Å². The molecule has 1 aromatic rings. The summed E-state index contributed by atoms with van der Waals surface area (Å²) in [6.45, 7) is 1.81. The number of hydrogen-bond donors (Lipinski definition) is 3. The van der Waals surface area contributed by atoms with Crippen molar-refractivity contribution in [2.45, 2.75) is 25.6 Å². The van der Waals surface area contributed by atoms with Crippen molar-refractivity contribution >= 4 is 17.8 Å². The Bertz CT molecular complexity index is 519. The number of aliphatic hydroxyl groups excluding tert-OH is 2. The van der Waals surface area contributed by atoms with Crippen LogP contribution in [0.1, 0.15) is 35.4 Å². The summed E-state index contributed by atoms with van der Waals surface area (Å²) in [7, 11) is 1.18. The van der Waals surface area contributed by atoms with Gasteiger partial charge in [-0.05, 0) is 13.0 Å². The normalized spacial score (nSPS) is 13.3. The molecule has 0 amide bonds. The molecule has 0 aliphatic heterocycles. The van der Waals surface area contributed by atoms with Gasteiger partial charge < -0.3 is 25.4 Å². The topological polar surface area (TPSA) is 132 Å². The van der Waals surface area contributed by atoms with Crippen LogP contribution in [0.5, 0.6) is 0 Å². The molecule has 0 bridgehead atoms.